The molecule has 0 radical (unpaired) electrons. The number of allylic oxidation sites excluding steroid dienone is 4. The number of amidine groups is 1. The van der Waals surface area contributed by atoms with Crippen molar-refractivity contribution in [2.75, 3.05) is 40.3 Å². The summed E-state index contributed by atoms with van der Waals surface area (Å²) >= 11 is 0. The molecule has 0 aromatic heterocycles. The second-order valence-corrected chi connectivity index (χ2v) is 5.70. The van der Waals surface area contributed by atoms with E-state index in [9.17, 15) is 0 Å². The van der Waals surface area contributed by atoms with Crippen molar-refractivity contribution in [2.45, 2.75) is 60.8 Å². The summed E-state index contributed by atoms with van der Waals surface area (Å²) in [7, 11) is 3.90. The summed E-state index contributed by atoms with van der Waals surface area (Å²) < 4.78 is 0. The lowest BCUT2D eigenvalue weighted by molar-refractivity contribution is 0.183. The number of piperazine rings is 1. The van der Waals surface area contributed by atoms with E-state index in [4.69, 9.17) is 5.73 Å². The zero-order chi connectivity index (χ0) is 19.0. The van der Waals surface area contributed by atoms with Crippen molar-refractivity contribution in [1.29, 1.82) is 0 Å². The summed E-state index contributed by atoms with van der Waals surface area (Å²) in [5, 5.41) is 0. The number of hydrogen-bond donors (Lipinski definition) is 1. The van der Waals surface area contributed by atoms with Crippen LogP contribution in [0.4, 0.5) is 0 Å². The average Bonchev–Trinajstić information content (AvgIpc) is 2.62. The van der Waals surface area contributed by atoms with Gasteiger partial charge >= 0.3 is 0 Å². The van der Waals surface area contributed by atoms with Gasteiger partial charge in [0.05, 0.1) is 5.84 Å². The molecule has 0 saturated carbocycles. The molecule has 1 aliphatic rings. The van der Waals surface area contributed by atoms with Gasteiger partial charge in [-0.15, -0.1) is 0 Å². The molecule has 4 heteroatoms. The zero-order valence-corrected chi connectivity index (χ0v) is 17.5. The molecule has 0 aromatic carbocycles. The number of nitrogens with zero attached hydrogens (tertiary/aromatic N) is 3. The molecule has 0 atom stereocenters. The lowest BCUT2D eigenvalue weighted by Crippen LogP contribution is -2.43. The van der Waals surface area contributed by atoms with Crippen molar-refractivity contribution in [3.8, 4) is 0 Å². The minimum absolute atomic E-state index is 0.718. The van der Waals surface area contributed by atoms with E-state index in [1.54, 1.807) is 7.05 Å². The SMILES string of the molecule is CC.CC/C=C(C)\C=C(/CC)N1CCN(C)CC1.CCC(N)=NC. The monoisotopic (exact) mass is 338 g/mol. The highest BCUT2D eigenvalue weighted by atomic mass is 15.2. The predicted octanol–water partition coefficient (Wildman–Crippen LogP) is 4.29. The highest BCUT2D eigenvalue weighted by molar-refractivity contribution is 5.79. The van der Waals surface area contributed by atoms with Gasteiger partial charge in [0, 0.05) is 45.3 Å². The standard InChI is InChI=1S/C14H26N2.C4H10N2.C2H6/c1-5-7-13(3)12-14(6-2)16-10-8-15(4)9-11-16;1-3-4(5)6-2;1-2/h7,12H,5-6,8-11H2,1-4H3;3H2,1-2H3,(H2,5,6);1-2H3/b13-7-,14-12+;;. The molecule has 0 bridgehead atoms. The number of hydrogen-bond acceptors (Lipinski definition) is 3. The number of rotatable bonds is 5. The van der Waals surface area contributed by atoms with Crippen molar-refractivity contribution in [1.82, 2.24) is 9.80 Å². The molecule has 1 heterocycles. The second-order valence-electron chi connectivity index (χ2n) is 5.70. The smallest absolute Gasteiger partial charge is 0.0930 e. The van der Waals surface area contributed by atoms with Gasteiger partial charge in [-0.25, -0.2) is 0 Å². The minimum Gasteiger partial charge on any atom is -0.387 e. The van der Waals surface area contributed by atoms with Gasteiger partial charge in [-0.3, -0.25) is 4.99 Å². The van der Waals surface area contributed by atoms with Crippen molar-refractivity contribution in [3.63, 3.8) is 0 Å². The Hall–Kier alpha value is -1.29. The van der Waals surface area contributed by atoms with Crippen LogP contribution in [0.1, 0.15) is 60.8 Å². The fraction of sp³-hybridized carbons (Fsp3) is 0.750. The average molecular weight is 339 g/mol. The van der Waals surface area contributed by atoms with E-state index in [1.807, 2.05) is 20.8 Å². The zero-order valence-electron chi connectivity index (χ0n) is 17.5. The molecule has 1 rings (SSSR count). The van der Waals surface area contributed by atoms with Gasteiger partial charge in [-0.05, 0) is 32.9 Å². The van der Waals surface area contributed by atoms with Crippen molar-refractivity contribution >= 4 is 5.84 Å². The van der Waals surface area contributed by atoms with Crippen LogP contribution in [-0.2, 0) is 0 Å². The van der Waals surface area contributed by atoms with E-state index in [2.05, 4.69) is 54.8 Å². The summed E-state index contributed by atoms with van der Waals surface area (Å²) in [6, 6.07) is 0. The Morgan fingerprint density at radius 1 is 1.04 bits per heavy atom. The Kier molecular flexibility index (Phi) is 17.2. The van der Waals surface area contributed by atoms with Crippen LogP contribution >= 0.6 is 0 Å². The Labute approximate surface area is 151 Å². The third-order valence-electron chi connectivity index (χ3n) is 3.84. The number of nitrogens with two attached hydrogens (primary N) is 1. The van der Waals surface area contributed by atoms with Gasteiger partial charge in [0.25, 0.3) is 0 Å². The maximum absolute atomic E-state index is 5.22. The third kappa shape index (κ3) is 12.2. The van der Waals surface area contributed by atoms with Crippen LogP contribution in [-0.4, -0.2) is 55.9 Å². The maximum Gasteiger partial charge on any atom is 0.0930 e. The molecular weight excluding hydrogens is 296 g/mol. The first-order valence-electron chi connectivity index (χ1n) is 9.50. The first-order valence-corrected chi connectivity index (χ1v) is 9.50. The van der Waals surface area contributed by atoms with Crippen LogP contribution in [0, 0.1) is 0 Å². The van der Waals surface area contributed by atoms with Crippen molar-refractivity contribution in [2.24, 2.45) is 10.7 Å². The van der Waals surface area contributed by atoms with E-state index in [-0.39, 0.29) is 0 Å². The van der Waals surface area contributed by atoms with Gasteiger partial charge < -0.3 is 15.5 Å². The first kappa shape index (κ1) is 25.0. The molecular formula is C20H42N4. The Balaban J connectivity index is 0. The maximum atomic E-state index is 5.22. The van der Waals surface area contributed by atoms with E-state index >= 15 is 0 Å². The molecule has 0 amide bonds. The van der Waals surface area contributed by atoms with Gasteiger partial charge in [0.15, 0.2) is 0 Å². The molecule has 0 aromatic rings. The van der Waals surface area contributed by atoms with Gasteiger partial charge in [0.1, 0.15) is 0 Å². The summed E-state index contributed by atoms with van der Waals surface area (Å²) in [5.41, 5.74) is 8.12. The van der Waals surface area contributed by atoms with Gasteiger partial charge in [-0.1, -0.05) is 46.3 Å². The predicted molar refractivity (Wildman–Crippen MR) is 111 cm³/mol. The normalized spacial score (nSPS) is 16.8. The van der Waals surface area contributed by atoms with E-state index in [0.29, 0.717) is 0 Å². The third-order valence-corrected chi connectivity index (χ3v) is 3.84. The Bertz CT molecular complexity index is 375. The van der Waals surface area contributed by atoms with E-state index < -0.39 is 0 Å². The molecule has 2 N–H and O–H groups in total. The van der Waals surface area contributed by atoms with Crippen LogP contribution in [0.2, 0.25) is 0 Å². The Morgan fingerprint density at radius 3 is 1.92 bits per heavy atom. The Morgan fingerprint density at radius 2 is 1.58 bits per heavy atom. The topological polar surface area (TPSA) is 44.9 Å². The summed E-state index contributed by atoms with van der Waals surface area (Å²) in [6.45, 7) is 17.4. The van der Waals surface area contributed by atoms with Gasteiger partial charge in [0.2, 0.25) is 0 Å². The van der Waals surface area contributed by atoms with Crippen LogP contribution in [0.3, 0.4) is 0 Å². The molecule has 1 saturated heterocycles. The summed E-state index contributed by atoms with van der Waals surface area (Å²) in [6.07, 6.45) is 7.78. The lowest BCUT2D eigenvalue weighted by Gasteiger charge is -2.35. The fourth-order valence-corrected chi connectivity index (χ4v) is 2.31. The molecule has 0 unspecified atom stereocenters. The molecule has 0 aliphatic carbocycles. The molecule has 142 valence electrons. The molecule has 1 fully saturated rings. The van der Waals surface area contributed by atoms with E-state index in [1.165, 1.54) is 37.4 Å². The van der Waals surface area contributed by atoms with Crippen LogP contribution in [0.15, 0.2) is 28.4 Å². The molecule has 4 nitrogen and oxygen atoms in total. The quantitative estimate of drug-likeness (QED) is 0.462. The van der Waals surface area contributed by atoms with Crippen molar-refractivity contribution < 1.29 is 0 Å². The largest absolute Gasteiger partial charge is 0.387 e. The molecule has 1 aliphatic heterocycles. The lowest BCUT2D eigenvalue weighted by atomic mass is 10.1. The van der Waals surface area contributed by atoms with Crippen molar-refractivity contribution in [3.05, 3.63) is 23.4 Å². The first-order chi connectivity index (χ1) is 11.5. The number of aliphatic imine (C=N–C) groups is 1. The fourth-order valence-electron chi connectivity index (χ4n) is 2.31. The molecule has 24 heavy (non-hydrogen) atoms. The van der Waals surface area contributed by atoms with Crippen LogP contribution < -0.4 is 5.73 Å². The molecule has 0 spiro atoms. The van der Waals surface area contributed by atoms with E-state index in [0.717, 1.165) is 25.1 Å². The van der Waals surface area contributed by atoms with Crippen LogP contribution in [0.5, 0.6) is 0 Å². The second kappa shape index (κ2) is 16.6. The van der Waals surface area contributed by atoms with Gasteiger partial charge in [-0.2, -0.15) is 0 Å². The summed E-state index contributed by atoms with van der Waals surface area (Å²) in [4.78, 5) is 8.64. The van der Waals surface area contributed by atoms with Crippen LogP contribution in [0.25, 0.3) is 0 Å². The summed E-state index contributed by atoms with van der Waals surface area (Å²) in [5.74, 6) is 0.718. The number of likely N-dealkylation sites (N-methyl/N-ethyl adjacent to an activating group) is 1. The highest BCUT2D eigenvalue weighted by Crippen LogP contribution is 2.14. The highest BCUT2D eigenvalue weighted by Gasteiger charge is 2.14. The minimum atomic E-state index is 0.718.